The molecular weight excluding hydrogens is 255 g/mol. The second-order valence-electron chi connectivity index (χ2n) is 2.78. The van der Waals surface area contributed by atoms with Crippen LogP contribution in [0, 0.1) is 0 Å². The lowest BCUT2D eigenvalue weighted by atomic mass is 10.1. The van der Waals surface area contributed by atoms with E-state index in [0.29, 0.717) is 29.4 Å². The summed E-state index contributed by atoms with van der Waals surface area (Å²) in [7, 11) is 0. The fourth-order valence-corrected chi connectivity index (χ4v) is 1.75. The number of benzene rings is 1. The van der Waals surface area contributed by atoms with Gasteiger partial charge < -0.3 is 4.74 Å². The van der Waals surface area contributed by atoms with Crippen molar-refractivity contribution in [2.75, 3.05) is 6.61 Å². The molecule has 1 aliphatic rings. The third-order valence-corrected chi connectivity index (χ3v) is 3.11. The molecule has 0 N–H and O–H groups in total. The summed E-state index contributed by atoms with van der Waals surface area (Å²) in [5, 5.41) is 0.563. The summed E-state index contributed by atoms with van der Waals surface area (Å²) in [6, 6.07) is 3.37. The maximum atomic E-state index is 11.4. The van der Waals surface area contributed by atoms with Gasteiger partial charge in [-0.3, -0.25) is 4.79 Å². The van der Waals surface area contributed by atoms with Crippen molar-refractivity contribution >= 4 is 33.3 Å². The minimum absolute atomic E-state index is 0.110. The number of ether oxygens (including phenoxy) is 1. The van der Waals surface area contributed by atoms with Gasteiger partial charge in [0.15, 0.2) is 5.78 Å². The lowest BCUT2D eigenvalue weighted by molar-refractivity contribution is 0.0933. The molecule has 0 radical (unpaired) electrons. The Morgan fingerprint density at radius 2 is 2.23 bits per heavy atom. The van der Waals surface area contributed by atoms with Gasteiger partial charge in [-0.25, -0.2) is 0 Å². The van der Waals surface area contributed by atoms with E-state index < -0.39 is 0 Å². The summed E-state index contributed by atoms with van der Waals surface area (Å²) in [6.45, 7) is 0.448. The summed E-state index contributed by atoms with van der Waals surface area (Å²) in [6.07, 6.45) is 0.446. The molecule has 1 aromatic carbocycles. The maximum absolute atomic E-state index is 11.4. The van der Waals surface area contributed by atoms with Crippen LogP contribution in [0.3, 0.4) is 0 Å². The Morgan fingerprint density at radius 3 is 3.00 bits per heavy atom. The van der Waals surface area contributed by atoms with Gasteiger partial charge in [-0.15, -0.1) is 0 Å². The molecular formula is C9H6BrClO2. The first-order valence-electron chi connectivity index (χ1n) is 3.83. The molecule has 0 saturated heterocycles. The average molecular weight is 262 g/mol. The van der Waals surface area contributed by atoms with Crippen molar-refractivity contribution in [3.63, 3.8) is 0 Å². The molecule has 13 heavy (non-hydrogen) atoms. The van der Waals surface area contributed by atoms with Crippen molar-refractivity contribution in [3.8, 4) is 5.75 Å². The molecule has 0 unspecified atom stereocenters. The highest BCUT2D eigenvalue weighted by Crippen LogP contribution is 2.33. The Morgan fingerprint density at radius 1 is 1.46 bits per heavy atom. The summed E-state index contributed by atoms with van der Waals surface area (Å²) in [5.74, 6) is 0.697. The van der Waals surface area contributed by atoms with Gasteiger partial charge in [0.05, 0.1) is 17.2 Å². The third-order valence-electron chi connectivity index (χ3n) is 1.91. The number of halogens is 2. The highest BCUT2D eigenvalue weighted by Gasteiger charge is 2.19. The highest BCUT2D eigenvalue weighted by atomic mass is 79.9. The molecule has 68 valence electrons. The standard InChI is InChI=1S/C9H6BrClO2/c10-6-3-5-8(12)1-2-13-9(5)4-7(6)11/h3-4H,1-2H2. The Balaban J connectivity index is 2.58. The van der Waals surface area contributed by atoms with Crippen molar-refractivity contribution in [2.45, 2.75) is 6.42 Å². The Kier molecular flexibility index (Phi) is 2.30. The highest BCUT2D eigenvalue weighted by molar-refractivity contribution is 9.10. The average Bonchev–Trinajstić information content (AvgIpc) is 2.09. The van der Waals surface area contributed by atoms with Crippen LogP contribution >= 0.6 is 27.5 Å². The first-order chi connectivity index (χ1) is 6.18. The number of fused-ring (bicyclic) bond motifs is 1. The molecule has 1 aromatic rings. The van der Waals surface area contributed by atoms with E-state index in [9.17, 15) is 4.79 Å². The predicted octanol–water partition coefficient (Wildman–Crippen LogP) is 3.07. The van der Waals surface area contributed by atoms with E-state index in [1.54, 1.807) is 12.1 Å². The fourth-order valence-electron chi connectivity index (χ4n) is 1.25. The summed E-state index contributed by atoms with van der Waals surface area (Å²) < 4.78 is 6.03. The normalized spacial score (nSPS) is 15.1. The van der Waals surface area contributed by atoms with Gasteiger partial charge in [0.25, 0.3) is 0 Å². The number of hydrogen-bond acceptors (Lipinski definition) is 2. The first kappa shape index (κ1) is 9.03. The van der Waals surface area contributed by atoms with Crippen LogP contribution in [0.25, 0.3) is 0 Å². The van der Waals surface area contributed by atoms with E-state index in [1.807, 2.05) is 0 Å². The largest absolute Gasteiger partial charge is 0.492 e. The molecule has 0 bridgehead atoms. The van der Waals surface area contributed by atoms with E-state index in [2.05, 4.69) is 15.9 Å². The van der Waals surface area contributed by atoms with Crippen LogP contribution in [0.2, 0.25) is 5.02 Å². The minimum atomic E-state index is 0.110. The Bertz CT molecular complexity index is 376. The van der Waals surface area contributed by atoms with Crippen LogP contribution in [0.4, 0.5) is 0 Å². The van der Waals surface area contributed by atoms with E-state index in [4.69, 9.17) is 16.3 Å². The van der Waals surface area contributed by atoms with Gasteiger partial charge in [0.1, 0.15) is 5.75 Å². The summed E-state index contributed by atoms with van der Waals surface area (Å²) >= 11 is 9.12. The number of ketones is 1. The zero-order valence-electron chi connectivity index (χ0n) is 6.64. The Hall–Kier alpha value is -0.540. The predicted molar refractivity (Wildman–Crippen MR) is 53.6 cm³/mol. The van der Waals surface area contributed by atoms with Gasteiger partial charge in [0, 0.05) is 17.0 Å². The smallest absolute Gasteiger partial charge is 0.170 e. The first-order valence-corrected chi connectivity index (χ1v) is 5.00. The van der Waals surface area contributed by atoms with E-state index in [1.165, 1.54) is 0 Å². The number of rotatable bonds is 0. The number of hydrogen-bond donors (Lipinski definition) is 0. The number of carbonyl (C=O) groups is 1. The molecule has 0 fully saturated rings. The van der Waals surface area contributed by atoms with Gasteiger partial charge in [0.2, 0.25) is 0 Å². The van der Waals surface area contributed by atoms with E-state index in [0.717, 1.165) is 4.47 Å². The molecule has 0 atom stereocenters. The molecule has 0 spiro atoms. The lowest BCUT2D eigenvalue weighted by Crippen LogP contribution is -2.15. The second kappa shape index (κ2) is 3.31. The van der Waals surface area contributed by atoms with Gasteiger partial charge >= 0.3 is 0 Å². The summed E-state index contributed by atoms with van der Waals surface area (Å²) in [5.41, 5.74) is 0.613. The van der Waals surface area contributed by atoms with Gasteiger partial charge in [-0.2, -0.15) is 0 Å². The topological polar surface area (TPSA) is 26.3 Å². The molecule has 4 heteroatoms. The lowest BCUT2D eigenvalue weighted by Gasteiger charge is -2.16. The maximum Gasteiger partial charge on any atom is 0.170 e. The van der Waals surface area contributed by atoms with E-state index in [-0.39, 0.29) is 5.78 Å². The summed E-state index contributed by atoms with van der Waals surface area (Å²) in [4.78, 5) is 11.4. The molecule has 0 aliphatic carbocycles. The number of carbonyl (C=O) groups excluding carboxylic acids is 1. The molecule has 2 nitrogen and oxygen atoms in total. The quantitative estimate of drug-likeness (QED) is 0.717. The van der Waals surface area contributed by atoms with E-state index >= 15 is 0 Å². The Labute approximate surface area is 89.0 Å². The zero-order chi connectivity index (χ0) is 9.42. The van der Waals surface area contributed by atoms with Crippen molar-refractivity contribution in [1.29, 1.82) is 0 Å². The molecule has 0 saturated carbocycles. The molecule has 1 aliphatic heterocycles. The second-order valence-corrected chi connectivity index (χ2v) is 4.05. The minimum Gasteiger partial charge on any atom is -0.492 e. The van der Waals surface area contributed by atoms with Crippen molar-refractivity contribution in [3.05, 3.63) is 27.2 Å². The van der Waals surface area contributed by atoms with Crippen molar-refractivity contribution < 1.29 is 9.53 Å². The van der Waals surface area contributed by atoms with Crippen LogP contribution in [0.1, 0.15) is 16.8 Å². The van der Waals surface area contributed by atoms with Gasteiger partial charge in [-0.1, -0.05) is 11.6 Å². The monoisotopic (exact) mass is 260 g/mol. The SMILES string of the molecule is O=C1CCOc2cc(Cl)c(Br)cc21. The molecule has 0 aromatic heterocycles. The van der Waals surface area contributed by atoms with Gasteiger partial charge in [-0.05, 0) is 22.0 Å². The van der Waals surface area contributed by atoms with Crippen LogP contribution in [-0.2, 0) is 0 Å². The van der Waals surface area contributed by atoms with Crippen LogP contribution < -0.4 is 4.74 Å². The van der Waals surface area contributed by atoms with Crippen molar-refractivity contribution in [2.24, 2.45) is 0 Å². The number of Topliss-reactive ketones (excluding diaryl/α,β-unsaturated/α-hetero) is 1. The van der Waals surface area contributed by atoms with Crippen LogP contribution in [-0.4, -0.2) is 12.4 Å². The van der Waals surface area contributed by atoms with Crippen LogP contribution in [0.5, 0.6) is 5.75 Å². The van der Waals surface area contributed by atoms with Crippen molar-refractivity contribution in [1.82, 2.24) is 0 Å². The fraction of sp³-hybridized carbons (Fsp3) is 0.222. The third kappa shape index (κ3) is 1.58. The zero-order valence-corrected chi connectivity index (χ0v) is 8.98. The molecule has 1 heterocycles. The molecule has 2 rings (SSSR count). The van der Waals surface area contributed by atoms with Crippen LogP contribution in [0.15, 0.2) is 16.6 Å². The molecule has 0 amide bonds.